The molecule has 1 rings (SSSR count). The van der Waals surface area contributed by atoms with Crippen molar-refractivity contribution in [2.75, 3.05) is 12.0 Å². The lowest BCUT2D eigenvalue weighted by atomic mass is 10.2. The SMILES string of the molecule is CSCCC(NS(=O)(=O)c1cccs1)C(=O)O. The molecule has 0 aromatic carbocycles. The van der Waals surface area contributed by atoms with Gasteiger partial charge in [-0.1, -0.05) is 6.07 Å². The summed E-state index contributed by atoms with van der Waals surface area (Å²) in [4.78, 5) is 10.9. The molecule has 17 heavy (non-hydrogen) atoms. The highest BCUT2D eigenvalue weighted by atomic mass is 32.2. The fourth-order valence-electron chi connectivity index (χ4n) is 1.13. The largest absolute Gasteiger partial charge is 0.480 e. The van der Waals surface area contributed by atoms with Gasteiger partial charge in [0.15, 0.2) is 0 Å². The number of sulfonamides is 1. The van der Waals surface area contributed by atoms with E-state index in [0.717, 1.165) is 11.3 Å². The number of hydrogen-bond donors (Lipinski definition) is 2. The van der Waals surface area contributed by atoms with Gasteiger partial charge in [-0.15, -0.1) is 11.3 Å². The van der Waals surface area contributed by atoms with Crippen molar-refractivity contribution in [2.24, 2.45) is 0 Å². The molecule has 1 atom stereocenters. The van der Waals surface area contributed by atoms with Crippen LogP contribution in [-0.4, -0.2) is 37.5 Å². The van der Waals surface area contributed by atoms with Gasteiger partial charge in [0.1, 0.15) is 10.3 Å². The molecule has 1 unspecified atom stereocenters. The lowest BCUT2D eigenvalue weighted by Crippen LogP contribution is -2.40. The van der Waals surface area contributed by atoms with Crippen LogP contribution in [0.25, 0.3) is 0 Å². The Morgan fingerprint density at radius 2 is 2.35 bits per heavy atom. The molecular formula is C9H13NO4S3. The fourth-order valence-corrected chi connectivity index (χ4v) is 3.83. The zero-order valence-corrected chi connectivity index (χ0v) is 11.6. The summed E-state index contributed by atoms with van der Waals surface area (Å²) in [7, 11) is -3.71. The number of thiophene rings is 1. The maximum Gasteiger partial charge on any atom is 0.321 e. The lowest BCUT2D eigenvalue weighted by Gasteiger charge is -2.13. The van der Waals surface area contributed by atoms with Gasteiger partial charge in [0.2, 0.25) is 0 Å². The van der Waals surface area contributed by atoms with Crippen molar-refractivity contribution in [1.82, 2.24) is 4.72 Å². The van der Waals surface area contributed by atoms with Crippen LogP contribution in [-0.2, 0) is 14.8 Å². The summed E-state index contributed by atoms with van der Waals surface area (Å²) in [6, 6.07) is 1.98. The van der Waals surface area contributed by atoms with Crippen molar-refractivity contribution >= 4 is 39.1 Å². The molecule has 8 heteroatoms. The number of rotatable bonds is 7. The van der Waals surface area contributed by atoms with Crippen molar-refractivity contribution in [2.45, 2.75) is 16.7 Å². The summed E-state index contributed by atoms with van der Waals surface area (Å²) >= 11 is 2.53. The predicted octanol–water partition coefficient (Wildman–Crippen LogP) is 1.23. The molecule has 0 bridgehead atoms. The van der Waals surface area contributed by atoms with E-state index in [0.29, 0.717) is 5.75 Å². The van der Waals surface area contributed by atoms with E-state index in [9.17, 15) is 13.2 Å². The first-order valence-corrected chi connectivity index (χ1v) is 8.50. The van der Waals surface area contributed by atoms with Gasteiger partial charge in [0.25, 0.3) is 10.0 Å². The van der Waals surface area contributed by atoms with E-state index in [1.165, 1.54) is 17.8 Å². The smallest absolute Gasteiger partial charge is 0.321 e. The number of carboxylic acids is 1. The standard InChI is InChI=1S/C9H13NO4S3/c1-15-6-4-7(9(11)12)10-17(13,14)8-3-2-5-16-8/h2-3,5,7,10H,4,6H2,1H3,(H,11,12). The van der Waals surface area contributed by atoms with Crippen molar-refractivity contribution in [3.63, 3.8) is 0 Å². The molecule has 0 spiro atoms. The van der Waals surface area contributed by atoms with Crippen molar-refractivity contribution in [3.8, 4) is 0 Å². The van der Waals surface area contributed by atoms with Gasteiger partial charge in [-0.3, -0.25) is 4.79 Å². The number of aliphatic carboxylic acids is 1. The van der Waals surface area contributed by atoms with Crippen LogP contribution in [0.5, 0.6) is 0 Å². The van der Waals surface area contributed by atoms with Gasteiger partial charge in [0, 0.05) is 0 Å². The minimum Gasteiger partial charge on any atom is -0.480 e. The van der Waals surface area contributed by atoms with Crippen LogP contribution >= 0.6 is 23.1 Å². The Morgan fingerprint density at radius 3 is 2.82 bits per heavy atom. The Balaban J connectivity index is 2.76. The molecule has 0 aliphatic carbocycles. The quantitative estimate of drug-likeness (QED) is 0.790. The number of carbonyl (C=O) groups is 1. The van der Waals surface area contributed by atoms with E-state index in [4.69, 9.17) is 5.11 Å². The summed E-state index contributed by atoms with van der Waals surface area (Å²) in [5, 5.41) is 10.6. The molecule has 0 radical (unpaired) electrons. The second-order valence-corrected chi connectivity index (χ2v) is 7.10. The average Bonchev–Trinajstić information content (AvgIpc) is 2.77. The normalized spacial score (nSPS) is 13.5. The minimum absolute atomic E-state index is 0.132. The zero-order valence-electron chi connectivity index (χ0n) is 9.12. The van der Waals surface area contributed by atoms with E-state index >= 15 is 0 Å². The minimum atomic E-state index is -3.71. The van der Waals surface area contributed by atoms with Crippen LogP contribution < -0.4 is 4.72 Å². The molecule has 0 amide bonds. The molecule has 5 nitrogen and oxygen atoms in total. The highest BCUT2D eigenvalue weighted by molar-refractivity contribution is 7.98. The molecule has 1 aromatic heterocycles. The number of hydrogen-bond acceptors (Lipinski definition) is 5. The number of thioether (sulfide) groups is 1. The number of nitrogens with one attached hydrogen (secondary N) is 1. The predicted molar refractivity (Wildman–Crippen MR) is 69.1 cm³/mol. The summed E-state index contributed by atoms with van der Waals surface area (Å²) < 4.78 is 25.9. The Labute approximate surface area is 108 Å². The summed E-state index contributed by atoms with van der Waals surface area (Å²) in [5.74, 6) is -0.566. The Morgan fingerprint density at radius 1 is 1.65 bits per heavy atom. The van der Waals surface area contributed by atoms with Crippen LogP contribution in [0.2, 0.25) is 0 Å². The molecule has 0 aliphatic rings. The number of carboxylic acid groups (broad SMARTS) is 1. The van der Waals surface area contributed by atoms with Crippen LogP contribution in [0.3, 0.4) is 0 Å². The van der Waals surface area contributed by atoms with Crippen molar-refractivity contribution in [1.29, 1.82) is 0 Å². The highest BCUT2D eigenvalue weighted by Gasteiger charge is 2.25. The molecule has 2 N–H and O–H groups in total. The topological polar surface area (TPSA) is 83.5 Å². The molecule has 0 saturated heterocycles. The molecule has 0 aliphatic heterocycles. The first-order valence-electron chi connectivity index (χ1n) is 4.75. The summed E-state index contributed by atoms with van der Waals surface area (Å²) in [6.07, 6.45) is 2.10. The maximum atomic E-state index is 11.8. The molecule has 0 saturated carbocycles. The molecule has 0 fully saturated rings. The second kappa shape index (κ2) is 6.39. The van der Waals surface area contributed by atoms with Crippen LogP contribution in [0.15, 0.2) is 21.7 Å². The van der Waals surface area contributed by atoms with Crippen LogP contribution in [0.4, 0.5) is 0 Å². The third kappa shape index (κ3) is 4.30. The Hall–Kier alpha value is -0.570. The molecule has 1 heterocycles. The third-order valence-electron chi connectivity index (χ3n) is 1.97. The lowest BCUT2D eigenvalue weighted by molar-refractivity contribution is -0.139. The fraction of sp³-hybridized carbons (Fsp3) is 0.444. The third-order valence-corrected chi connectivity index (χ3v) is 5.48. The Bertz CT molecular complexity index is 455. The Kier molecular flexibility index (Phi) is 5.44. The van der Waals surface area contributed by atoms with E-state index in [2.05, 4.69) is 4.72 Å². The summed E-state index contributed by atoms with van der Waals surface area (Å²) in [6.45, 7) is 0. The van der Waals surface area contributed by atoms with Crippen molar-refractivity contribution < 1.29 is 18.3 Å². The maximum absolute atomic E-state index is 11.8. The first-order chi connectivity index (χ1) is 7.97. The van der Waals surface area contributed by atoms with Gasteiger partial charge >= 0.3 is 5.97 Å². The van der Waals surface area contributed by atoms with Gasteiger partial charge in [-0.25, -0.2) is 8.42 Å². The van der Waals surface area contributed by atoms with Gasteiger partial charge in [0.05, 0.1) is 0 Å². The molecular weight excluding hydrogens is 282 g/mol. The average molecular weight is 295 g/mol. The van der Waals surface area contributed by atoms with Crippen LogP contribution in [0, 0.1) is 0 Å². The zero-order chi connectivity index (χ0) is 12.9. The molecule has 96 valence electrons. The monoisotopic (exact) mass is 295 g/mol. The van der Waals surface area contributed by atoms with E-state index < -0.39 is 22.0 Å². The highest BCUT2D eigenvalue weighted by Crippen LogP contribution is 2.16. The van der Waals surface area contributed by atoms with Crippen molar-refractivity contribution in [3.05, 3.63) is 17.5 Å². The van der Waals surface area contributed by atoms with Crippen LogP contribution in [0.1, 0.15) is 6.42 Å². The van der Waals surface area contributed by atoms with Gasteiger partial charge in [-0.2, -0.15) is 16.5 Å². The van der Waals surface area contributed by atoms with Gasteiger partial charge < -0.3 is 5.11 Å². The second-order valence-electron chi connectivity index (χ2n) is 3.23. The van der Waals surface area contributed by atoms with E-state index in [1.54, 1.807) is 11.4 Å². The van der Waals surface area contributed by atoms with Gasteiger partial charge in [-0.05, 0) is 29.9 Å². The molecule has 1 aromatic rings. The van der Waals surface area contributed by atoms with E-state index in [-0.39, 0.29) is 10.6 Å². The first kappa shape index (κ1) is 14.5. The summed E-state index contributed by atoms with van der Waals surface area (Å²) in [5.41, 5.74) is 0. The van der Waals surface area contributed by atoms with E-state index in [1.807, 2.05) is 6.26 Å².